The summed E-state index contributed by atoms with van der Waals surface area (Å²) >= 11 is -2.28. The van der Waals surface area contributed by atoms with Gasteiger partial charge in [-0.25, -0.2) is 9.00 Å². The maximum Gasteiger partial charge on any atom is 0.410 e. The number of nitrogens with zero attached hydrogens (tertiary/aromatic N) is 2. The van der Waals surface area contributed by atoms with Crippen LogP contribution < -0.4 is 9.62 Å². The van der Waals surface area contributed by atoms with E-state index in [0.29, 0.717) is 42.9 Å². The first-order valence-corrected chi connectivity index (χ1v) is 13.0. The Morgan fingerprint density at radius 3 is 2.19 bits per heavy atom. The summed E-state index contributed by atoms with van der Waals surface area (Å²) in [5, 5.41) is 4.47. The zero-order valence-electron chi connectivity index (χ0n) is 20.6. The molecule has 3 aromatic rings. The van der Waals surface area contributed by atoms with E-state index in [4.69, 9.17) is 4.74 Å². The molecule has 190 valence electrons. The van der Waals surface area contributed by atoms with E-state index in [9.17, 15) is 18.4 Å². The van der Waals surface area contributed by atoms with Gasteiger partial charge in [0.25, 0.3) is 17.2 Å². The highest BCUT2D eigenvalue weighted by atomic mass is 32.2. The molecule has 1 saturated heterocycles. The number of rotatable bonds is 5. The van der Waals surface area contributed by atoms with Gasteiger partial charge in [0.05, 0.1) is 5.69 Å². The third-order valence-electron chi connectivity index (χ3n) is 6.04. The van der Waals surface area contributed by atoms with E-state index in [1.807, 2.05) is 51.1 Å². The van der Waals surface area contributed by atoms with Gasteiger partial charge in [-0.15, -0.1) is 0 Å². The van der Waals surface area contributed by atoms with Crippen LogP contribution in [0.2, 0.25) is 0 Å². The van der Waals surface area contributed by atoms with Crippen molar-refractivity contribution >= 4 is 45.4 Å². The van der Waals surface area contributed by atoms with Gasteiger partial charge < -0.3 is 15.0 Å². The van der Waals surface area contributed by atoms with Gasteiger partial charge in [-0.1, -0.05) is 42.5 Å². The van der Waals surface area contributed by atoms with E-state index in [2.05, 4.69) is 5.32 Å². The third kappa shape index (κ3) is 5.85. The Labute approximate surface area is 213 Å². The van der Waals surface area contributed by atoms with Crippen molar-refractivity contribution in [2.24, 2.45) is 0 Å². The van der Waals surface area contributed by atoms with E-state index in [0.717, 1.165) is 10.8 Å². The number of anilines is 2. The van der Waals surface area contributed by atoms with Crippen molar-refractivity contribution in [2.75, 3.05) is 22.7 Å². The molecule has 1 atom stereocenters. The molecule has 0 saturated carbocycles. The highest BCUT2D eigenvalue weighted by molar-refractivity contribution is 7.80. The molecular weight excluding hydrogens is 478 g/mol. The lowest BCUT2D eigenvalue weighted by molar-refractivity contribution is 0.0207. The van der Waals surface area contributed by atoms with Crippen molar-refractivity contribution in [1.82, 2.24) is 4.90 Å². The van der Waals surface area contributed by atoms with E-state index in [-0.39, 0.29) is 18.0 Å². The van der Waals surface area contributed by atoms with Gasteiger partial charge in [0.2, 0.25) is 0 Å². The number of carbonyl (C=O) groups is 2. The zero-order valence-corrected chi connectivity index (χ0v) is 21.5. The maximum atomic E-state index is 12.8. The van der Waals surface area contributed by atoms with E-state index >= 15 is 0 Å². The van der Waals surface area contributed by atoms with Gasteiger partial charge in [0.15, 0.2) is 0 Å². The van der Waals surface area contributed by atoms with Gasteiger partial charge >= 0.3 is 6.09 Å². The second-order valence-corrected chi connectivity index (χ2v) is 10.6. The van der Waals surface area contributed by atoms with Crippen LogP contribution in [0.1, 0.15) is 44.0 Å². The molecule has 36 heavy (non-hydrogen) atoms. The molecule has 1 aliphatic rings. The predicted molar refractivity (Wildman–Crippen MR) is 142 cm³/mol. The van der Waals surface area contributed by atoms with Crippen LogP contribution >= 0.6 is 0 Å². The Bertz CT molecular complexity index is 1270. The molecule has 1 heterocycles. The van der Waals surface area contributed by atoms with E-state index < -0.39 is 16.9 Å². The third-order valence-corrected chi connectivity index (χ3v) is 6.87. The maximum absolute atomic E-state index is 12.8. The minimum Gasteiger partial charge on any atom is -0.444 e. The average Bonchev–Trinajstić information content (AvgIpc) is 2.85. The van der Waals surface area contributed by atoms with E-state index in [1.54, 1.807) is 41.3 Å². The largest absolute Gasteiger partial charge is 0.444 e. The molecule has 1 aliphatic heterocycles. The number of amides is 2. The molecule has 0 aliphatic carbocycles. The minimum atomic E-state index is -2.28. The number of hydrogen-bond donors (Lipinski definition) is 2. The van der Waals surface area contributed by atoms with Crippen molar-refractivity contribution < 1.29 is 23.1 Å². The SMILES string of the molecule is CC(C)(C)OC(=O)N1CCC(N(c2ccc(NC(=O)c3ccccc3)c3ccccc23)S(=O)O)CC1. The molecule has 1 unspecified atom stereocenters. The molecule has 3 aromatic carbocycles. The van der Waals surface area contributed by atoms with Crippen LogP contribution in [0.5, 0.6) is 0 Å². The first-order valence-electron chi connectivity index (χ1n) is 11.9. The lowest BCUT2D eigenvalue weighted by Crippen LogP contribution is -2.48. The summed E-state index contributed by atoms with van der Waals surface area (Å²) in [6, 6.07) is 19.7. The minimum absolute atomic E-state index is 0.231. The molecule has 0 bridgehead atoms. The van der Waals surface area contributed by atoms with Crippen LogP contribution in [0, 0.1) is 0 Å². The molecule has 0 radical (unpaired) electrons. The highest BCUT2D eigenvalue weighted by Crippen LogP contribution is 2.36. The number of likely N-dealkylation sites (tertiary alicyclic amines) is 1. The Morgan fingerprint density at radius 2 is 1.58 bits per heavy atom. The molecule has 2 N–H and O–H groups in total. The highest BCUT2D eigenvalue weighted by Gasteiger charge is 2.32. The second kappa shape index (κ2) is 10.7. The molecular formula is C27H31N3O5S. The summed E-state index contributed by atoms with van der Waals surface area (Å²) in [6.45, 7) is 6.33. The number of ether oxygens (including phenoxy) is 1. The Morgan fingerprint density at radius 1 is 0.972 bits per heavy atom. The lowest BCUT2D eigenvalue weighted by atomic mass is 10.0. The Hall–Kier alpha value is -3.43. The van der Waals surface area contributed by atoms with Gasteiger partial charge in [-0.05, 0) is 57.9 Å². The van der Waals surface area contributed by atoms with Crippen molar-refractivity contribution in [3.05, 3.63) is 72.3 Å². The summed E-state index contributed by atoms with van der Waals surface area (Å²) < 4.78 is 29.8. The normalized spacial score (nSPS) is 15.4. The topological polar surface area (TPSA) is 99.2 Å². The monoisotopic (exact) mass is 509 g/mol. The molecule has 0 spiro atoms. The van der Waals surface area contributed by atoms with Crippen LogP contribution in [0.4, 0.5) is 16.2 Å². The van der Waals surface area contributed by atoms with E-state index in [1.165, 1.54) is 4.31 Å². The molecule has 1 fully saturated rings. The molecule has 0 aromatic heterocycles. The quantitative estimate of drug-likeness (QED) is 0.447. The van der Waals surface area contributed by atoms with Crippen molar-refractivity contribution in [3.63, 3.8) is 0 Å². The number of fused-ring (bicyclic) bond motifs is 1. The van der Waals surface area contributed by atoms with Gasteiger partial charge in [0.1, 0.15) is 5.60 Å². The summed E-state index contributed by atoms with van der Waals surface area (Å²) in [4.78, 5) is 26.8. The summed E-state index contributed by atoms with van der Waals surface area (Å²) in [5.41, 5.74) is 1.18. The van der Waals surface area contributed by atoms with Crippen LogP contribution in [-0.2, 0) is 16.0 Å². The predicted octanol–water partition coefficient (Wildman–Crippen LogP) is 5.43. The number of carbonyl (C=O) groups excluding carboxylic acids is 2. The fraction of sp³-hybridized carbons (Fsp3) is 0.333. The molecule has 2 amide bonds. The average molecular weight is 510 g/mol. The van der Waals surface area contributed by atoms with Crippen LogP contribution in [0.3, 0.4) is 0 Å². The van der Waals surface area contributed by atoms with Gasteiger partial charge in [-0.3, -0.25) is 13.7 Å². The van der Waals surface area contributed by atoms with Crippen LogP contribution in [-0.4, -0.2) is 50.4 Å². The number of piperidine rings is 1. The molecule has 4 rings (SSSR count). The zero-order chi connectivity index (χ0) is 25.9. The van der Waals surface area contributed by atoms with Crippen molar-refractivity contribution in [2.45, 2.75) is 45.3 Å². The molecule has 8 nitrogen and oxygen atoms in total. The molecule has 9 heteroatoms. The number of benzene rings is 3. The van der Waals surface area contributed by atoms with Gasteiger partial charge in [-0.2, -0.15) is 0 Å². The van der Waals surface area contributed by atoms with Crippen LogP contribution in [0.15, 0.2) is 66.7 Å². The lowest BCUT2D eigenvalue weighted by Gasteiger charge is -2.38. The van der Waals surface area contributed by atoms with Gasteiger partial charge in [0, 0.05) is 41.2 Å². The van der Waals surface area contributed by atoms with Crippen molar-refractivity contribution in [1.29, 1.82) is 0 Å². The smallest absolute Gasteiger partial charge is 0.410 e. The first-order chi connectivity index (χ1) is 17.1. The fourth-order valence-electron chi connectivity index (χ4n) is 4.39. The summed E-state index contributed by atoms with van der Waals surface area (Å²) in [7, 11) is 0. The number of hydrogen-bond acceptors (Lipinski definition) is 4. The Kier molecular flexibility index (Phi) is 7.61. The summed E-state index contributed by atoms with van der Waals surface area (Å²) in [6.07, 6.45) is 0.667. The second-order valence-electron chi connectivity index (χ2n) is 9.75. The summed E-state index contributed by atoms with van der Waals surface area (Å²) in [5.74, 6) is -0.231. The van der Waals surface area contributed by atoms with Crippen LogP contribution in [0.25, 0.3) is 10.8 Å². The Balaban J connectivity index is 1.58. The fourth-order valence-corrected chi connectivity index (χ4v) is 5.18. The first kappa shape index (κ1) is 25.7. The number of nitrogens with one attached hydrogen (secondary N) is 1. The van der Waals surface area contributed by atoms with Crippen molar-refractivity contribution in [3.8, 4) is 0 Å². The standard InChI is InChI=1S/C27H31N3O5S/c1-27(2,3)35-26(32)29-17-15-20(16-18-29)30(36(33)34)24-14-13-23(21-11-7-8-12-22(21)24)28-25(31)19-9-5-4-6-10-19/h4-14,20H,15-18H2,1-3H3,(H,28,31)(H,33,34).